The van der Waals surface area contributed by atoms with E-state index in [9.17, 15) is 9.59 Å². The van der Waals surface area contributed by atoms with E-state index in [1.807, 2.05) is 6.92 Å². The summed E-state index contributed by atoms with van der Waals surface area (Å²) >= 11 is 0. The maximum atomic E-state index is 12.2. The highest BCUT2D eigenvalue weighted by Crippen LogP contribution is 2.24. The van der Waals surface area contributed by atoms with E-state index in [1.54, 1.807) is 17.3 Å². The molecule has 0 unspecified atom stereocenters. The van der Waals surface area contributed by atoms with Crippen molar-refractivity contribution in [3.8, 4) is 6.07 Å². The average Bonchev–Trinajstić information content (AvgIpc) is 3.26. The summed E-state index contributed by atoms with van der Waals surface area (Å²) in [5.74, 6) is 0.0908. The van der Waals surface area contributed by atoms with Crippen LogP contribution in [0.4, 0.5) is 5.82 Å². The van der Waals surface area contributed by atoms with Crippen LogP contribution in [0.25, 0.3) is 11.2 Å². The maximum absolute atomic E-state index is 12.2. The molecule has 2 amide bonds. The van der Waals surface area contributed by atoms with E-state index in [0.717, 1.165) is 0 Å². The van der Waals surface area contributed by atoms with Crippen molar-refractivity contribution in [3.05, 3.63) is 30.6 Å². The van der Waals surface area contributed by atoms with Crippen LogP contribution in [0.2, 0.25) is 0 Å². The smallest absolute Gasteiger partial charge is 0.255 e. The number of aromatic nitrogens is 3. The zero-order valence-electron chi connectivity index (χ0n) is 15.0. The molecule has 2 aromatic rings. The Balaban J connectivity index is 1.83. The molecule has 3 rings (SSSR count). The highest BCUT2D eigenvalue weighted by atomic mass is 16.2. The van der Waals surface area contributed by atoms with Crippen LogP contribution < -0.4 is 10.6 Å². The van der Waals surface area contributed by atoms with Crippen LogP contribution in [0.15, 0.2) is 25.0 Å². The monoisotopic (exact) mass is 367 g/mol. The first kappa shape index (κ1) is 18.4. The van der Waals surface area contributed by atoms with Gasteiger partial charge >= 0.3 is 0 Å². The lowest BCUT2D eigenvalue weighted by Gasteiger charge is -2.18. The van der Waals surface area contributed by atoms with Gasteiger partial charge in [-0.3, -0.25) is 9.59 Å². The fourth-order valence-electron chi connectivity index (χ4n) is 3.25. The van der Waals surface area contributed by atoms with Gasteiger partial charge in [0.25, 0.3) is 5.91 Å². The van der Waals surface area contributed by atoms with Crippen LogP contribution in [0.3, 0.4) is 0 Å². The fourth-order valence-corrected chi connectivity index (χ4v) is 3.25. The molecule has 9 nitrogen and oxygen atoms in total. The zero-order chi connectivity index (χ0) is 19.4. The Hall–Kier alpha value is -3.41. The number of nitrogens with one attached hydrogen (secondary N) is 3. The Morgan fingerprint density at radius 3 is 3.04 bits per heavy atom. The van der Waals surface area contributed by atoms with E-state index < -0.39 is 0 Å². The van der Waals surface area contributed by atoms with Gasteiger partial charge in [0, 0.05) is 38.2 Å². The number of aromatic amines is 1. The predicted octanol–water partition coefficient (Wildman–Crippen LogP) is 1.05. The van der Waals surface area contributed by atoms with Crippen molar-refractivity contribution in [2.75, 3.05) is 25.0 Å². The number of fused-ring (bicyclic) bond motifs is 1. The molecule has 0 saturated carbocycles. The van der Waals surface area contributed by atoms with Gasteiger partial charge in [-0.1, -0.05) is 6.58 Å². The Bertz CT molecular complexity index is 914. The van der Waals surface area contributed by atoms with Crippen molar-refractivity contribution in [1.29, 1.82) is 5.26 Å². The molecule has 27 heavy (non-hydrogen) atoms. The number of hydrogen-bond acceptors (Lipinski definition) is 6. The van der Waals surface area contributed by atoms with Crippen LogP contribution in [-0.4, -0.2) is 57.3 Å². The molecule has 0 radical (unpaired) electrons. The number of carbonyl (C=O) groups excluding carboxylic acids is 2. The van der Waals surface area contributed by atoms with E-state index in [1.165, 1.54) is 6.08 Å². The molecule has 1 aliphatic heterocycles. The Labute approximate surface area is 156 Å². The van der Waals surface area contributed by atoms with Crippen molar-refractivity contribution in [2.45, 2.75) is 19.4 Å². The van der Waals surface area contributed by atoms with Crippen molar-refractivity contribution >= 4 is 28.8 Å². The van der Waals surface area contributed by atoms with Gasteiger partial charge in [-0.15, -0.1) is 0 Å². The molecule has 3 N–H and O–H groups in total. The number of anilines is 1. The lowest BCUT2D eigenvalue weighted by atomic mass is 10.0. The van der Waals surface area contributed by atoms with Gasteiger partial charge in [-0.2, -0.15) is 5.26 Å². The van der Waals surface area contributed by atoms with Crippen molar-refractivity contribution in [3.63, 3.8) is 0 Å². The lowest BCUT2D eigenvalue weighted by Crippen LogP contribution is -2.31. The van der Waals surface area contributed by atoms with Crippen molar-refractivity contribution in [2.24, 2.45) is 5.92 Å². The number of likely N-dealkylation sites (tertiary alicyclic amines) is 1. The average molecular weight is 367 g/mol. The van der Waals surface area contributed by atoms with E-state index in [4.69, 9.17) is 5.26 Å². The standard InChI is InChI=1S/C18H21N7O2/c1-3-15(26)25-9-11(5-6-19)13(10-25)23-14-8-22-17-16(24-14)12(7-21-17)18(27)20-4-2/h3,7-8,11,13H,1,4-5,9-10H2,2H3,(H,20,27)(H,21,22)(H,23,24)/t11-,13+/m1/s1. The second-order valence-corrected chi connectivity index (χ2v) is 6.33. The number of carbonyl (C=O) groups is 2. The third-order valence-corrected chi connectivity index (χ3v) is 4.58. The van der Waals surface area contributed by atoms with Crippen molar-refractivity contribution in [1.82, 2.24) is 25.2 Å². The molecular weight excluding hydrogens is 346 g/mol. The van der Waals surface area contributed by atoms with Gasteiger partial charge in [0.05, 0.1) is 23.9 Å². The normalized spacial score (nSPS) is 18.9. The molecule has 0 aliphatic carbocycles. The minimum Gasteiger partial charge on any atom is -0.364 e. The van der Waals surface area contributed by atoms with Crippen LogP contribution in [-0.2, 0) is 4.79 Å². The summed E-state index contributed by atoms with van der Waals surface area (Å²) < 4.78 is 0. The number of amides is 2. The van der Waals surface area contributed by atoms with Gasteiger partial charge in [-0.25, -0.2) is 9.97 Å². The number of nitrogens with zero attached hydrogens (tertiary/aromatic N) is 4. The number of H-pyrrole nitrogens is 1. The molecule has 2 aromatic heterocycles. The van der Waals surface area contributed by atoms with Crippen LogP contribution in [0, 0.1) is 17.2 Å². The van der Waals surface area contributed by atoms with Crippen LogP contribution >= 0.6 is 0 Å². The van der Waals surface area contributed by atoms with Crippen LogP contribution in [0.1, 0.15) is 23.7 Å². The van der Waals surface area contributed by atoms with Gasteiger partial charge < -0.3 is 20.5 Å². The summed E-state index contributed by atoms with van der Waals surface area (Å²) in [7, 11) is 0. The summed E-state index contributed by atoms with van der Waals surface area (Å²) in [6, 6.07) is 2.04. The summed E-state index contributed by atoms with van der Waals surface area (Å²) in [5.41, 5.74) is 1.41. The third-order valence-electron chi connectivity index (χ3n) is 4.58. The molecule has 2 atom stereocenters. The quantitative estimate of drug-likeness (QED) is 0.655. The van der Waals surface area contributed by atoms with Crippen LogP contribution in [0.5, 0.6) is 0 Å². The number of nitriles is 1. The molecule has 0 aromatic carbocycles. The van der Waals surface area contributed by atoms with Crippen molar-refractivity contribution < 1.29 is 9.59 Å². The molecular formula is C18H21N7O2. The highest BCUT2D eigenvalue weighted by Gasteiger charge is 2.34. The minimum atomic E-state index is -0.221. The first-order valence-corrected chi connectivity index (χ1v) is 8.74. The first-order valence-electron chi connectivity index (χ1n) is 8.74. The SMILES string of the molecule is C=CC(=O)N1C[C@@H](CC#N)[C@@H](Nc2cnc3[nH]cc(C(=O)NCC)c3n2)C1. The first-order chi connectivity index (χ1) is 13.1. The highest BCUT2D eigenvalue weighted by molar-refractivity contribution is 6.04. The number of rotatable bonds is 6. The van der Waals surface area contributed by atoms with Gasteiger partial charge in [0.2, 0.25) is 5.91 Å². The fraction of sp³-hybridized carbons (Fsp3) is 0.389. The zero-order valence-corrected chi connectivity index (χ0v) is 15.0. The summed E-state index contributed by atoms with van der Waals surface area (Å²) in [6.45, 7) is 6.81. The second kappa shape index (κ2) is 7.86. The number of hydrogen-bond donors (Lipinski definition) is 3. The van der Waals surface area contributed by atoms with E-state index in [2.05, 4.69) is 38.2 Å². The maximum Gasteiger partial charge on any atom is 0.255 e. The molecule has 1 fully saturated rings. The topological polar surface area (TPSA) is 127 Å². The molecule has 1 saturated heterocycles. The molecule has 3 heterocycles. The summed E-state index contributed by atoms with van der Waals surface area (Å²) in [4.78, 5) is 37.5. The lowest BCUT2D eigenvalue weighted by molar-refractivity contribution is -0.125. The van der Waals surface area contributed by atoms with E-state index >= 15 is 0 Å². The molecule has 0 spiro atoms. The minimum absolute atomic E-state index is 0.0227. The predicted molar refractivity (Wildman–Crippen MR) is 99.8 cm³/mol. The molecule has 1 aliphatic rings. The third kappa shape index (κ3) is 3.74. The van der Waals surface area contributed by atoms with Gasteiger partial charge in [-0.05, 0) is 13.0 Å². The summed E-state index contributed by atoms with van der Waals surface area (Å²) in [6.07, 6.45) is 4.75. The van der Waals surface area contributed by atoms with Gasteiger partial charge in [0.15, 0.2) is 5.65 Å². The summed E-state index contributed by atoms with van der Waals surface area (Å²) in [5, 5.41) is 15.1. The van der Waals surface area contributed by atoms with E-state index in [-0.39, 0.29) is 23.8 Å². The van der Waals surface area contributed by atoms with E-state index in [0.29, 0.717) is 48.6 Å². The molecule has 9 heteroatoms. The second-order valence-electron chi connectivity index (χ2n) is 6.33. The Morgan fingerprint density at radius 1 is 1.52 bits per heavy atom. The molecule has 140 valence electrons. The molecule has 0 bridgehead atoms. The Morgan fingerprint density at radius 2 is 2.33 bits per heavy atom. The Kier molecular flexibility index (Phi) is 5.35. The largest absolute Gasteiger partial charge is 0.364 e. The van der Waals surface area contributed by atoms with Gasteiger partial charge in [0.1, 0.15) is 11.3 Å².